The molecule has 0 radical (unpaired) electrons. The fourth-order valence-corrected chi connectivity index (χ4v) is 3.38. The molecule has 1 aromatic carbocycles. The predicted octanol–water partition coefficient (Wildman–Crippen LogP) is 2.78. The molecule has 0 aliphatic rings. The Morgan fingerprint density at radius 1 is 1.06 bits per heavy atom. The number of amides is 1. The van der Waals surface area contributed by atoms with Gasteiger partial charge in [-0.25, -0.2) is 9.67 Å². The molecule has 0 spiro atoms. The molecule has 0 fully saturated rings. The molecule has 2 heterocycles. The Morgan fingerprint density at radius 2 is 1.69 bits per heavy atom. The van der Waals surface area contributed by atoms with Crippen molar-refractivity contribution in [2.75, 3.05) is 27.3 Å². The lowest BCUT2D eigenvalue weighted by Gasteiger charge is -2.21. The summed E-state index contributed by atoms with van der Waals surface area (Å²) in [5, 5.41) is 4.94. The van der Waals surface area contributed by atoms with Gasteiger partial charge in [-0.2, -0.15) is 5.10 Å². The van der Waals surface area contributed by atoms with Gasteiger partial charge in [0, 0.05) is 11.6 Å². The maximum atomic E-state index is 13.6. The minimum Gasteiger partial charge on any atom is -0.468 e. The van der Waals surface area contributed by atoms with E-state index in [1.165, 1.54) is 14.2 Å². The lowest BCUT2D eigenvalue weighted by molar-refractivity contribution is -0.144. The van der Waals surface area contributed by atoms with E-state index in [2.05, 4.69) is 5.10 Å². The Hall–Kier alpha value is -3.75. The Bertz CT molecular complexity index is 1150. The minimum atomic E-state index is -0.649. The number of methoxy groups -OCH3 is 2. The number of benzene rings is 1. The molecule has 3 aromatic rings. The minimum absolute atomic E-state index is 0.0105. The molecule has 0 saturated carbocycles. The molecule has 1 amide bonds. The van der Waals surface area contributed by atoms with Gasteiger partial charge in [-0.1, -0.05) is 24.3 Å². The van der Waals surface area contributed by atoms with Crippen molar-refractivity contribution in [1.29, 1.82) is 0 Å². The van der Waals surface area contributed by atoms with Crippen molar-refractivity contribution < 1.29 is 23.9 Å². The van der Waals surface area contributed by atoms with Crippen LogP contribution in [0.5, 0.6) is 0 Å². The second kappa shape index (κ2) is 9.59. The second-order valence-electron chi connectivity index (χ2n) is 7.60. The second-order valence-corrected chi connectivity index (χ2v) is 7.60. The molecule has 0 atom stereocenters. The number of aromatic nitrogens is 3. The van der Waals surface area contributed by atoms with Gasteiger partial charge < -0.3 is 14.4 Å². The molecular weight excluding hydrogens is 412 g/mol. The van der Waals surface area contributed by atoms with Gasteiger partial charge in [0.05, 0.1) is 37.1 Å². The fraction of sp³-hybridized carbons (Fsp3) is 0.348. The number of fused-ring (bicyclic) bond motifs is 1. The molecule has 9 nitrogen and oxygen atoms in total. The van der Waals surface area contributed by atoms with Crippen LogP contribution in [-0.4, -0.2) is 64.8 Å². The molecule has 0 aliphatic heterocycles. The molecule has 168 valence electrons. The van der Waals surface area contributed by atoms with E-state index in [9.17, 15) is 14.4 Å². The van der Waals surface area contributed by atoms with Crippen molar-refractivity contribution in [1.82, 2.24) is 19.7 Å². The van der Waals surface area contributed by atoms with Gasteiger partial charge in [0.25, 0.3) is 5.91 Å². The van der Waals surface area contributed by atoms with E-state index in [-0.39, 0.29) is 11.6 Å². The van der Waals surface area contributed by atoms with Crippen LogP contribution in [0.1, 0.15) is 35.8 Å². The highest BCUT2D eigenvalue weighted by Crippen LogP contribution is 2.29. The summed E-state index contributed by atoms with van der Waals surface area (Å²) in [6.07, 6.45) is 1.58. The van der Waals surface area contributed by atoms with Crippen LogP contribution >= 0.6 is 0 Å². The summed E-state index contributed by atoms with van der Waals surface area (Å²) < 4.78 is 11.1. The highest BCUT2D eigenvalue weighted by Gasteiger charge is 2.26. The molecule has 2 aromatic heterocycles. The summed E-state index contributed by atoms with van der Waals surface area (Å²) in [7, 11) is 2.44. The van der Waals surface area contributed by atoms with Crippen LogP contribution in [0.15, 0.2) is 36.5 Å². The molecule has 32 heavy (non-hydrogen) atoms. The first-order valence-corrected chi connectivity index (χ1v) is 10.1. The van der Waals surface area contributed by atoms with Gasteiger partial charge in [-0.3, -0.25) is 14.4 Å². The van der Waals surface area contributed by atoms with Gasteiger partial charge >= 0.3 is 11.9 Å². The first-order chi connectivity index (χ1) is 15.3. The fourth-order valence-electron chi connectivity index (χ4n) is 3.38. The number of pyridine rings is 1. The molecule has 0 aliphatic carbocycles. The SMILES string of the molecule is COC(=O)CN(CC(=O)OC)C(=O)c1cc(-c2ccccc2C)nc2c1cnn2C(C)C. The van der Waals surface area contributed by atoms with Crippen LogP contribution in [0.3, 0.4) is 0 Å². The topological polar surface area (TPSA) is 104 Å². The number of aryl methyl sites for hydroxylation is 1. The molecule has 9 heteroatoms. The lowest BCUT2D eigenvalue weighted by Crippen LogP contribution is -2.40. The zero-order valence-electron chi connectivity index (χ0n) is 18.8. The van der Waals surface area contributed by atoms with E-state index >= 15 is 0 Å². The summed E-state index contributed by atoms with van der Waals surface area (Å²) in [5.41, 5.74) is 3.28. The maximum absolute atomic E-state index is 13.6. The van der Waals surface area contributed by atoms with Gasteiger partial charge in [-0.05, 0) is 32.4 Å². The average Bonchev–Trinajstić information content (AvgIpc) is 3.22. The van der Waals surface area contributed by atoms with Crippen LogP contribution in [0.25, 0.3) is 22.3 Å². The summed E-state index contributed by atoms with van der Waals surface area (Å²) in [6.45, 7) is 5.11. The van der Waals surface area contributed by atoms with E-state index in [1.54, 1.807) is 16.9 Å². The monoisotopic (exact) mass is 438 g/mol. The number of carbonyl (C=O) groups excluding carboxylic acids is 3. The Labute approximate surface area is 185 Å². The number of hydrogen-bond acceptors (Lipinski definition) is 7. The summed E-state index contributed by atoms with van der Waals surface area (Å²) in [5.74, 6) is -1.82. The number of rotatable bonds is 7. The molecule has 0 bridgehead atoms. The van der Waals surface area contributed by atoms with Gasteiger partial charge in [0.1, 0.15) is 13.1 Å². The van der Waals surface area contributed by atoms with Crippen LogP contribution in [-0.2, 0) is 19.1 Å². The molecule has 0 saturated heterocycles. The first kappa shape index (κ1) is 22.9. The highest BCUT2D eigenvalue weighted by molar-refractivity contribution is 6.08. The maximum Gasteiger partial charge on any atom is 0.325 e. The van der Waals surface area contributed by atoms with E-state index < -0.39 is 30.9 Å². The third-order valence-corrected chi connectivity index (χ3v) is 5.09. The lowest BCUT2D eigenvalue weighted by atomic mass is 10.0. The van der Waals surface area contributed by atoms with Crippen molar-refractivity contribution in [2.24, 2.45) is 0 Å². The molecular formula is C23H26N4O5. The Balaban J connectivity index is 2.20. The zero-order valence-corrected chi connectivity index (χ0v) is 18.8. The smallest absolute Gasteiger partial charge is 0.325 e. The number of ether oxygens (including phenoxy) is 2. The summed E-state index contributed by atoms with van der Waals surface area (Å²) in [6, 6.07) is 9.39. The quantitative estimate of drug-likeness (QED) is 0.523. The number of nitrogens with zero attached hydrogens (tertiary/aromatic N) is 4. The van der Waals surface area contributed by atoms with E-state index in [4.69, 9.17) is 14.5 Å². The number of esters is 2. The number of carbonyl (C=O) groups is 3. The normalized spacial score (nSPS) is 10.9. The predicted molar refractivity (Wildman–Crippen MR) is 118 cm³/mol. The van der Waals surface area contributed by atoms with Crippen molar-refractivity contribution in [3.8, 4) is 11.3 Å². The van der Waals surface area contributed by atoms with Crippen molar-refractivity contribution in [3.05, 3.63) is 47.7 Å². The van der Waals surface area contributed by atoms with Crippen molar-refractivity contribution >= 4 is 28.9 Å². The van der Waals surface area contributed by atoms with Crippen molar-refractivity contribution in [2.45, 2.75) is 26.8 Å². The largest absolute Gasteiger partial charge is 0.468 e. The van der Waals surface area contributed by atoms with E-state index in [0.29, 0.717) is 16.7 Å². The Kier molecular flexibility index (Phi) is 6.87. The zero-order chi connectivity index (χ0) is 23.4. The van der Waals surface area contributed by atoms with Crippen LogP contribution in [0.4, 0.5) is 0 Å². The molecule has 0 N–H and O–H groups in total. The van der Waals surface area contributed by atoms with Gasteiger partial charge in [0.2, 0.25) is 0 Å². The van der Waals surface area contributed by atoms with E-state index in [0.717, 1.165) is 16.0 Å². The molecule has 3 rings (SSSR count). The van der Waals surface area contributed by atoms with Gasteiger partial charge in [0.15, 0.2) is 5.65 Å². The number of hydrogen-bond donors (Lipinski definition) is 0. The average molecular weight is 438 g/mol. The summed E-state index contributed by atoms with van der Waals surface area (Å²) >= 11 is 0. The van der Waals surface area contributed by atoms with Crippen LogP contribution < -0.4 is 0 Å². The molecule has 0 unspecified atom stereocenters. The third-order valence-electron chi connectivity index (χ3n) is 5.09. The van der Waals surface area contributed by atoms with Gasteiger partial charge in [-0.15, -0.1) is 0 Å². The highest BCUT2D eigenvalue weighted by atomic mass is 16.5. The van der Waals surface area contributed by atoms with Crippen LogP contribution in [0, 0.1) is 6.92 Å². The van der Waals surface area contributed by atoms with Crippen LogP contribution in [0.2, 0.25) is 0 Å². The third kappa shape index (κ3) is 4.61. The Morgan fingerprint density at radius 3 is 2.25 bits per heavy atom. The van der Waals surface area contributed by atoms with E-state index in [1.807, 2.05) is 45.0 Å². The van der Waals surface area contributed by atoms with Crippen molar-refractivity contribution in [3.63, 3.8) is 0 Å². The first-order valence-electron chi connectivity index (χ1n) is 10.1. The summed E-state index contributed by atoms with van der Waals surface area (Å²) in [4.78, 5) is 43.3. The standard InChI is InChI=1S/C23H26N4O5/c1-14(2)27-22-18(11-24-27)17(10-19(25-22)16-9-7-6-8-15(16)3)23(30)26(12-20(28)31-4)13-21(29)32-5/h6-11,14H,12-13H2,1-5H3.